The summed E-state index contributed by atoms with van der Waals surface area (Å²) >= 11 is 0. The van der Waals surface area contributed by atoms with Gasteiger partial charge in [-0.05, 0) is 56.1 Å². The molecule has 3 aliphatic heterocycles. The van der Waals surface area contributed by atoms with Gasteiger partial charge in [0.05, 0.1) is 20.5 Å². The van der Waals surface area contributed by atoms with E-state index in [9.17, 15) is 5.11 Å². The van der Waals surface area contributed by atoms with Crippen LogP contribution in [0.25, 0.3) is 21.8 Å². The average molecular weight is 376 g/mol. The van der Waals surface area contributed by atoms with Gasteiger partial charge in [-0.15, -0.1) is 0 Å². The molecule has 2 bridgehead atoms. The number of para-hydroxylation sites is 1. The topological polar surface area (TPSA) is 37.6 Å². The maximum absolute atomic E-state index is 9.50. The summed E-state index contributed by atoms with van der Waals surface area (Å²) in [5.74, 6) is 1.66. The molecule has 0 atom stereocenters. The zero-order valence-corrected chi connectivity index (χ0v) is 15.6. The van der Waals surface area contributed by atoms with E-state index in [1.165, 1.54) is 36.7 Å². The second kappa shape index (κ2) is 8.02. The van der Waals surface area contributed by atoms with Crippen molar-refractivity contribution < 1.29 is 9.84 Å². The number of aliphatic hydroxyl groups is 1. The van der Waals surface area contributed by atoms with Crippen molar-refractivity contribution in [3.05, 3.63) is 54.1 Å². The average Bonchev–Trinajstić information content (AvgIpc) is 3.03. The van der Waals surface area contributed by atoms with Crippen LogP contribution >= 0.6 is 0 Å². The fraction of sp³-hybridized carbons (Fsp3) is 0.391. The second-order valence-corrected chi connectivity index (χ2v) is 7.71. The lowest BCUT2D eigenvalue weighted by Gasteiger charge is -2.41. The van der Waals surface area contributed by atoms with Crippen molar-refractivity contribution in [2.24, 2.45) is 5.92 Å². The van der Waals surface area contributed by atoms with Crippen LogP contribution in [-0.4, -0.2) is 55.8 Å². The number of aromatic nitrogens is 1. The molecule has 3 fully saturated rings. The molecular formula is C23H29BN2O2. The van der Waals surface area contributed by atoms with Crippen LogP contribution in [0.4, 0.5) is 0 Å². The van der Waals surface area contributed by atoms with Crippen LogP contribution in [0.2, 0.25) is 0 Å². The Balaban J connectivity index is 0.00000192. The van der Waals surface area contributed by atoms with E-state index in [2.05, 4.69) is 51.9 Å². The quantitative estimate of drug-likeness (QED) is 0.550. The summed E-state index contributed by atoms with van der Waals surface area (Å²) < 4.78 is 8.27. The van der Waals surface area contributed by atoms with E-state index in [-0.39, 0.29) is 15.0 Å². The number of hydrogen-bond acceptors (Lipinski definition) is 3. The zero-order valence-electron chi connectivity index (χ0n) is 15.6. The van der Waals surface area contributed by atoms with E-state index < -0.39 is 0 Å². The molecule has 0 saturated carbocycles. The Labute approximate surface area is 168 Å². The van der Waals surface area contributed by atoms with E-state index in [0.29, 0.717) is 13.2 Å². The van der Waals surface area contributed by atoms with E-state index >= 15 is 0 Å². The lowest BCUT2D eigenvalue weighted by molar-refractivity contribution is 0.160. The number of fused-ring (bicyclic) bond motifs is 6. The summed E-state index contributed by atoms with van der Waals surface area (Å²) in [5, 5.41) is 11.9. The second-order valence-electron chi connectivity index (χ2n) is 7.71. The Kier molecular flexibility index (Phi) is 5.47. The SMILES string of the molecule is B.OCCn1c2ccccc2c2ccc(OCC=C3CN4CCC3CC4)cc21. The van der Waals surface area contributed by atoms with Gasteiger partial charge >= 0.3 is 0 Å². The molecule has 6 rings (SSSR count). The molecule has 3 saturated heterocycles. The number of nitrogens with zero attached hydrogens (tertiary/aromatic N) is 2. The van der Waals surface area contributed by atoms with Crippen LogP contribution in [0.5, 0.6) is 5.75 Å². The predicted octanol–water partition coefficient (Wildman–Crippen LogP) is 2.63. The monoisotopic (exact) mass is 376 g/mol. The van der Waals surface area contributed by atoms with Gasteiger partial charge in [-0.1, -0.05) is 23.8 Å². The molecule has 2 aromatic carbocycles. The number of benzene rings is 2. The Bertz CT molecular complexity index is 1000. The lowest BCUT2D eigenvalue weighted by Crippen LogP contribution is -2.43. The first kappa shape index (κ1) is 19.1. The number of ether oxygens (including phenoxy) is 1. The molecule has 3 aromatic rings. The molecule has 0 spiro atoms. The minimum absolute atomic E-state index is 0. The number of aliphatic hydroxyl groups excluding tert-OH is 1. The summed E-state index contributed by atoms with van der Waals surface area (Å²) in [6.45, 7) is 4.99. The van der Waals surface area contributed by atoms with Crippen molar-refractivity contribution in [3.63, 3.8) is 0 Å². The van der Waals surface area contributed by atoms with Crippen LogP contribution in [0, 0.1) is 5.92 Å². The minimum Gasteiger partial charge on any atom is -0.489 e. The Morgan fingerprint density at radius 3 is 2.57 bits per heavy atom. The van der Waals surface area contributed by atoms with E-state index in [1.54, 1.807) is 5.57 Å². The minimum atomic E-state index is 0. The third kappa shape index (κ3) is 3.34. The van der Waals surface area contributed by atoms with Crippen LogP contribution in [0.1, 0.15) is 12.8 Å². The van der Waals surface area contributed by atoms with Gasteiger partial charge < -0.3 is 14.4 Å². The maximum atomic E-state index is 9.50. The van der Waals surface area contributed by atoms with Gasteiger partial charge in [0.2, 0.25) is 0 Å². The smallest absolute Gasteiger partial charge is 0.121 e. The summed E-state index contributed by atoms with van der Waals surface area (Å²) in [6.07, 6.45) is 4.90. The number of hydrogen-bond donors (Lipinski definition) is 1. The molecule has 0 radical (unpaired) electrons. The third-order valence-electron chi connectivity index (χ3n) is 6.18. The van der Waals surface area contributed by atoms with Crippen molar-refractivity contribution >= 4 is 30.2 Å². The first-order chi connectivity index (χ1) is 13.3. The predicted molar refractivity (Wildman–Crippen MR) is 119 cm³/mol. The molecule has 146 valence electrons. The molecule has 3 aliphatic rings. The van der Waals surface area contributed by atoms with Gasteiger partial charge in [0.25, 0.3) is 0 Å². The van der Waals surface area contributed by atoms with Crippen LogP contribution in [0.15, 0.2) is 54.1 Å². The Morgan fingerprint density at radius 2 is 1.82 bits per heavy atom. The number of rotatable bonds is 5. The van der Waals surface area contributed by atoms with Gasteiger partial charge in [-0.25, -0.2) is 0 Å². The highest BCUT2D eigenvalue weighted by Gasteiger charge is 2.28. The highest BCUT2D eigenvalue weighted by molar-refractivity contribution is 6.08. The van der Waals surface area contributed by atoms with E-state index in [1.807, 2.05) is 6.07 Å². The van der Waals surface area contributed by atoms with Crippen molar-refractivity contribution in [2.75, 3.05) is 32.8 Å². The van der Waals surface area contributed by atoms with E-state index in [0.717, 1.165) is 29.2 Å². The molecular weight excluding hydrogens is 347 g/mol. The number of piperidine rings is 3. The largest absolute Gasteiger partial charge is 0.489 e. The van der Waals surface area contributed by atoms with Crippen LogP contribution in [0.3, 0.4) is 0 Å². The van der Waals surface area contributed by atoms with Crippen molar-refractivity contribution in [1.29, 1.82) is 0 Å². The molecule has 0 aliphatic carbocycles. The molecule has 1 N–H and O–H groups in total. The van der Waals surface area contributed by atoms with E-state index in [4.69, 9.17) is 4.74 Å². The molecule has 1 aromatic heterocycles. The Hall–Kier alpha value is -2.24. The summed E-state index contributed by atoms with van der Waals surface area (Å²) in [7, 11) is 0. The summed E-state index contributed by atoms with van der Waals surface area (Å²) in [4.78, 5) is 2.55. The molecule has 28 heavy (non-hydrogen) atoms. The Morgan fingerprint density at radius 1 is 1.04 bits per heavy atom. The maximum Gasteiger partial charge on any atom is 0.121 e. The molecule has 4 nitrogen and oxygen atoms in total. The summed E-state index contributed by atoms with van der Waals surface area (Å²) in [5.41, 5.74) is 3.84. The molecule has 0 unspecified atom stereocenters. The highest BCUT2D eigenvalue weighted by Crippen LogP contribution is 2.33. The van der Waals surface area contributed by atoms with Crippen molar-refractivity contribution in [3.8, 4) is 5.75 Å². The fourth-order valence-electron chi connectivity index (χ4n) is 4.79. The molecule has 0 amide bonds. The van der Waals surface area contributed by atoms with Crippen LogP contribution in [-0.2, 0) is 6.54 Å². The zero-order chi connectivity index (χ0) is 18.2. The standard InChI is InChI=1S/C23H26N2O2.BH3/c26-13-12-25-22-4-2-1-3-20(22)21-6-5-19(15-23(21)25)27-14-9-18-16-24-10-7-17(18)8-11-24;/h1-6,9,15,17,26H,7-8,10-14,16H2;1H3. The van der Waals surface area contributed by atoms with Gasteiger partial charge in [0.1, 0.15) is 12.4 Å². The first-order valence-corrected chi connectivity index (χ1v) is 9.99. The third-order valence-corrected chi connectivity index (χ3v) is 6.18. The van der Waals surface area contributed by atoms with Gasteiger partial charge in [0.15, 0.2) is 0 Å². The molecule has 4 heterocycles. The summed E-state index contributed by atoms with van der Waals surface area (Å²) in [6, 6.07) is 14.7. The van der Waals surface area contributed by atoms with Crippen molar-refractivity contribution in [2.45, 2.75) is 19.4 Å². The highest BCUT2D eigenvalue weighted by atomic mass is 16.5. The first-order valence-electron chi connectivity index (χ1n) is 9.99. The van der Waals surface area contributed by atoms with Gasteiger partial charge in [-0.2, -0.15) is 0 Å². The van der Waals surface area contributed by atoms with Crippen molar-refractivity contribution in [1.82, 2.24) is 9.47 Å². The normalized spacial score (nSPS) is 22.7. The van der Waals surface area contributed by atoms with Gasteiger partial charge in [-0.3, -0.25) is 4.90 Å². The van der Waals surface area contributed by atoms with Crippen LogP contribution < -0.4 is 4.74 Å². The lowest BCUT2D eigenvalue weighted by atomic mass is 9.84. The molecule has 5 heteroatoms. The fourth-order valence-corrected chi connectivity index (χ4v) is 4.79. The van der Waals surface area contributed by atoms with Gasteiger partial charge in [0, 0.05) is 35.4 Å².